The van der Waals surface area contributed by atoms with Gasteiger partial charge in [0.1, 0.15) is 0 Å². The zero-order chi connectivity index (χ0) is 18.6. The van der Waals surface area contributed by atoms with Crippen molar-refractivity contribution in [3.8, 4) is 0 Å². The largest absolute Gasteiger partial charge is 0.325 e. The highest BCUT2D eigenvalue weighted by molar-refractivity contribution is 7.98. The first-order chi connectivity index (χ1) is 12.5. The van der Waals surface area contributed by atoms with E-state index in [0.717, 1.165) is 10.6 Å². The Balaban J connectivity index is 1.62. The van der Waals surface area contributed by atoms with Crippen LogP contribution in [0.3, 0.4) is 0 Å². The van der Waals surface area contributed by atoms with Crippen molar-refractivity contribution >= 4 is 33.4 Å². The first-order valence-corrected chi connectivity index (χ1v) is 11.2. The zero-order valence-electron chi connectivity index (χ0n) is 14.6. The molecule has 1 aliphatic heterocycles. The van der Waals surface area contributed by atoms with Crippen LogP contribution >= 0.6 is 11.8 Å². The topological polar surface area (TPSA) is 66.5 Å². The number of anilines is 1. The van der Waals surface area contributed by atoms with E-state index < -0.39 is 10.0 Å². The lowest BCUT2D eigenvalue weighted by Crippen LogP contribution is -2.41. The number of thioether (sulfide) groups is 1. The molecule has 1 amide bonds. The van der Waals surface area contributed by atoms with Gasteiger partial charge in [-0.15, -0.1) is 11.8 Å². The van der Waals surface area contributed by atoms with Crippen LogP contribution in [-0.4, -0.2) is 38.0 Å². The van der Waals surface area contributed by atoms with Crippen LogP contribution in [-0.2, 0) is 14.8 Å². The summed E-state index contributed by atoms with van der Waals surface area (Å²) in [6.07, 6.45) is 3.02. The number of rotatable bonds is 5. The fourth-order valence-electron chi connectivity index (χ4n) is 3.08. The lowest BCUT2D eigenvalue weighted by molar-refractivity contribution is -0.120. The van der Waals surface area contributed by atoms with Crippen LogP contribution in [0, 0.1) is 5.92 Å². The minimum atomic E-state index is -3.48. The van der Waals surface area contributed by atoms with E-state index in [1.54, 1.807) is 42.1 Å². The first kappa shape index (κ1) is 18.9. The summed E-state index contributed by atoms with van der Waals surface area (Å²) in [5, 5.41) is 2.99. The Labute approximate surface area is 158 Å². The van der Waals surface area contributed by atoms with Crippen molar-refractivity contribution in [1.29, 1.82) is 0 Å². The smallest absolute Gasteiger partial charge is 0.243 e. The van der Waals surface area contributed by atoms with Crippen LogP contribution in [0.25, 0.3) is 0 Å². The Hall–Kier alpha value is -1.83. The quantitative estimate of drug-likeness (QED) is 0.794. The van der Waals surface area contributed by atoms with E-state index in [1.165, 1.54) is 4.31 Å². The number of hydrogen-bond acceptors (Lipinski definition) is 4. The molecule has 2 aromatic rings. The van der Waals surface area contributed by atoms with Crippen molar-refractivity contribution in [3.63, 3.8) is 0 Å². The number of nitrogens with zero attached hydrogens (tertiary/aromatic N) is 1. The molecule has 1 saturated heterocycles. The number of amides is 1. The van der Waals surface area contributed by atoms with Crippen LogP contribution in [0.15, 0.2) is 64.4 Å². The van der Waals surface area contributed by atoms with Gasteiger partial charge in [-0.25, -0.2) is 8.42 Å². The molecule has 1 N–H and O–H groups in total. The van der Waals surface area contributed by atoms with Crippen LogP contribution in [0.5, 0.6) is 0 Å². The molecule has 0 bridgehead atoms. The van der Waals surface area contributed by atoms with Crippen LogP contribution < -0.4 is 5.32 Å². The summed E-state index contributed by atoms with van der Waals surface area (Å²) < 4.78 is 26.8. The summed E-state index contributed by atoms with van der Waals surface area (Å²) in [6.45, 7) is 0.721. The minimum Gasteiger partial charge on any atom is -0.325 e. The molecule has 2 aromatic carbocycles. The van der Waals surface area contributed by atoms with Gasteiger partial charge in [-0.05, 0) is 43.4 Å². The lowest BCUT2D eigenvalue weighted by atomic mass is 9.97. The molecule has 0 saturated carbocycles. The molecular formula is C19H22N2O3S2. The van der Waals surface area contributed by atoms with Crippen molar-refractivity contribution in [2.24, 2.45) is 5.92 Å². The van der Waals surface area contributed by atoms with E-state index in [9.17, 15) is 13.2 Å². The number of nitrogens with one attached hydrogen (secondary N) is 1. The van der Waals surface area contributed by atoms with Gasteiger partial charge < -0.3 is 5.32 Å². The predicted octanol–water partition coefficient (Wildman–Crippen LogP) is 3.45. The number of carbonyl (C=O) groups is 1. The normalized spacial score (nSPS) is 16.3. The van der Waals surface area contributed by atoms with Gasteiger partial charge in [-0.2, -0.15) is 4.31 Å². The number of benzene rings is 2. The van der Waals surface area contributed by atoms with Crippen molar-refractivity contribution in [3.05, 3.63) is 54.6 Å². The fourth-order valence-corrected chi connectivity index (χ4v) is 5.13. The van der Waals surface area contributed by atoms with Crippen LogP contribution in [0.4, 0.5) is 5.69 Å². The zero-order valence-corrected chi connectivity index (χ0v) is 16.2. The number of piperidine rings is 1. The number of sulfonamides is 1. The second-order valence-electron chi connectivity index (χ2n) is 6.18. The standard InChI is InChI=1S/C19H22N2O3S2/c1-25-18-10-6-5-9-17(18)20-19(22)15-11-13-21(14-12-15)26(23,24)16-7-3-2-4-8-16/h2-10,15H,11-14H2,1H3,(H,20,22). The van der Waals surface area contributed by atoms with E-state index in [0.29, 0.717) is 30.8 Å². The summed E-state index contributed by atoms with van der Waals surface area (Å²) in [4.78, 5) is 13.9. The van der Waals surface area contributed by atoms with Crippen molar-refractivity contribution in [1.82, 2.24) is 4.31 Å². The average molecular weight is 391 g/mol. The SMILES string of the molecule is CSc1ccccc1NC(=O)C1CCN(S(=O)(=O)c2ccccc2)CC1. The van der Waals surface area contributed by atoms with Crippen molar-refractivity contribution in [2.75, 3.05) is 24.7 Å². The van der Waals surface area contributed by atoms with Crippen LogP contribution in [0.2, 0.25) is 0 Å². The van der Waals surface area contributed by atoms with Crippen molar-refractivity contribution in [2.45, 2.75) is 22.6 Å². The van der Waals surface area contributed by atoms with Crippen molar-refractivity contribution < 1.29 is 13.2 Å². The number of para-hydroxylation sites is 1. The maximum absolute atomic E-state index is 12.7. The average Bonchev–Trinajstić information content (AvgIpc) is 2.69. The summed E-state index contributed by atoms with van der Waals surface area (Å²) in [6, 6.07) is 16.1. The van der Waals surface area contributed by atoms with Gasteiger partial charge in [0.2, 0.25) is 15.9 Å². The molecule has 3 rings (SSSR count). The van der Waals surface area contributed by atoms with Gasteiger partial charge in [-0.1, -0.05) is 30.3 Å². The maximum Gasteiger partial charge on any atom is 0.243 e. The Morgan fingerprint density at radius 3 is 2.31 bits per heavy atom. The molecule has 7 heteroatoms. The summed E-state index contributed by atoms with van der Waals surface area (Å²) in [5.41, 5.74) is 0.810. The number of carbonyl (C=O) groups excluding carboxylic acids is 1. The minimum absolute atomic E-state index is 0.0386. The molecule has 1 fully saturated rings. The highest BCUT2D eigenvalue weighted by Gasteiger charge is 2.32. The molecule has 0 spiro atoms. The third-order valence-corrected chi connectivity index (χ3v) is 7.28. The molecule has 0 atom stereocenters. The Kier molecular flexibility index (Phi) is 6.01. The molecule has 138 valence electrons. The molecule has 26 heavy (non-hydrogen) atoms. The van der Waals surface area contributed by atoms with E-state index in [4.69, 9.17) is 0 Å². The third kappa shape index (κ3) is 4.11. The second-order valence-corrected chi connectivity index (χ2v) is 8.97. The van der Waals surface area contributed by atoms with E-state index >= 15 is 0 Å². The number of hydrogen-bond donors (Lipinski definition) is 1. The molecular weight excluding hydrogens is 368 g/mol. The second kappa shape index (κ2) is 8.24. The molecule has 0 unspecified atom stereocenters. The first-order valence-electron chi connectivity index (χ1n) is 8.51. The molecule has 1 aliphatic rings. The van der Waals surface area contributed by atoms with E-state index in [1.807, 2.05) is 30.5 Å². The predicted molar refractivity (Wildman–Crippen MR) is 105 cm³/mol. The molecule has 5 nitrogen and oxygen atoms in total. The molecule has 0 aromatic heterocycles. The van der Waals surface area contributed by atoms with E-state index in [-0.39, 0.29) is 11.8 Å². The lowest BCUT2D eigenvalue weighted by Gasteiger charge is -2.30. The molecule has 1 heterocycles. The third-order valence-electron chi connectivity index (χ3n) is 4.57. The summed E-state index contributed by atoms with van der Waals surface area (Å²) >= 11 is 1.58. The van der Waals surface area contributed by atoms with Crippen LogP contribution in [0.1, 0.15) is 12.8 Å². The Morgan fingerprint density at radius 2 is 1.65 bits per heavy atom. The van der Waals surface area contributed by atoms with Gasteiger partial charge in [0.25, 0.3) is 0 Å². The summed E-state index contributed by atoms with van der Waals surface area (Å²) in [7, 11) is -3.48. The Bertz CT molecular complexity index is 861. The highest BCUT2D eigenvalue weighted by atomic mass is 32.2. The van der Waals surface area contributed by atoms with Gasteiger partial charge >= 0.3 is 0 Å². The van der Waals surface area contributed by atoms with Gasteiger partial charge in [-0.3, -0.25) is 4.79 Å². The van der Waals surface area contributed by atoms with Gasteiger partial charge in [0.05, 0.1) is 10.6 Å². The maximum atomic E-state index is 12.7. The monoisotopic (exact) mass is 390 g/mol. The molecule has 0 aliphatic carbocycles. The Morgan fingerprint density at radius 1 is 1.04 bits per heavy atom. The van der Waals surface area contributed by atoms with Gasteiger partial charge in [0, 0.05) is 23.9 Å². The molecule has 0 radical (unpaired) electrons. The fraction of sp³-hybridized carbons (Fsp3) is 0.316. The summed E-state index contributed by atoms with van der Waals surface area (Å²) in [5.74, 6) is -0.213. The van der Waals surface area contributed by atoms with E-state index in [2.05, 4.69) is 5.32 Å². The highest BCUT2D eigenvalue weighted by Crippen LogP contribution is 2.28. The van der Waals surface area contributed by atoms with Gasteiger partial charge in [0.15, 0.2) is 0 Å².